The van der Waals surface area contributed by atoms with Crippen molar-refractivity contribution in [3.63, 3.8) is 0 Å². The normalized spacial score (nSPS) is 19.2. The van der Waals surface area contributed by atoms with Crippen molar-refractivity contribution in [3.8, 4) is 0 Å². The first-order valence-corrected chi connectivity index (χ1v) is 7.23. The van der Waals surface area contributed by atoms with Crippen LogP contribution in [0.15, 0.2) is 12.2 Å². The summed E-state index contributed by atoms with van der Waals surface area (Å²) in [5, 5.41) is 3.38. The summed E-state index contributed by atoms with van der Waals surface area (Å²) < 4.78 is 0. The molecule has 1 N–H and O–H groups in total. The maximum absolute atomic E-state index is 12.2. The molecule has 1 fully saturated rings. The van der Waals surface area contributed by atoms with Crippen molar-refractivity contribution in [1.82, 2.24) is 15.1 Å². The lowest BCUT2D eigenvalue weighted by molar-refractivity contribution is -0.132. The highest BCUT2D eigenvalue weighted by Gasteiger charge is 2.29. The van der Waals surface area contributed by atoms with Gasteiger partial charge in [-0.1, -0.05) is 12.2 Å². The van der Waals surface area contributed by atoms with E-state index in [4.69, 9.17) is 0 Å². The number of likely N-dealkylation sites (tertiary alicyclic amines) is 1. The molecule has 0 unspecified atom stereocenters. The topological polar surface area (TPSA) is 35.6 Å². The molecule has 1 rings (SSSR count). The van der Waals surface area contributed by atoms with Crippen molar-refractivity contribution in [2.45, 2.75) is 39.2 Å². The summed E-state index contributed by atoms with van der Waals surface area (Å²) in [7, 11) is 2.02. The molecule has 0 aromatic heterocycles. The van der Waals surface area contributed by atoms with Crippen LogP contribution in [0.3, 0.4) is 0 Å². The van der Waals surface area contributed by atoms with Crippen LogP contribution in [-0.4, -0.2) is 61.0 Å². The fourth-order valence-electron chi connectivity index (χ4n) is 2.45. The lowest BCUT2D eigenvalue weighted by Gasteiger charge is -2.39. The van der Waals surface area contributed by atoms with E-state index in [2.05, 4.69) is 23.7 Å². The summed E-state index contributed by atoms with van der Waals surface area (Å²) in [6, 6.07) is 0. The highest BCUT2D eigenvalue weighted by molar-refractivity contribution is 5.78. The lowest BCUT2D eigenvalue weighted by atomic mass is 9.90. The Morgan fingerprint density at radius 3 is 2.42 bits per heavy atom. The molecule has 0 aromatic rings. The Morgan fingerprint density at radius 2 is 2.00 bits per heavy atom. The number of nitrogens with zero attached hydrogens (tertiary/aromatic N) is 2. The van der Waals surface area contributed by atoms with E-state index in [1.54, 1.807) is 0 Å². The van der Waals surface area contributed by atoms with Gasteiger partial charge in [0.15, 0.2) is 0 Å². The summed E-state index contributed by atoms with van der Waals surface area (Å²) in [5.74, 6) is 0.221. The van der Waals surface area contributed by atoms with Crippen molar-refractivity contribution in [2.75, 3.05) is 39.8 Å². The minimum absolute atomic E-state index is 0.221. The Bertz CT molecular complexity index is 319. The standard InChI is InChI=1S/C15H29N3O/c1-6-18(11-13(2)3)14(19)12-17-9-7-15(4,16-5)8-10-17/h16H,2,6-12H2,1,3-5H3. The van der Waals surface area contributed by atoms with Crippen LogP contribution in [0.5, 0.6) is 0 Å². The smallest absolute Gasteiger partial charge is 0.237 e. The SMILES string of the molecule is C=C(C)CN(CC)C(=O)CN1CCC(C)(NC)CC1. The van der Waals surface area contributed by atoms with Crippen LogP contribution < -0.4 is 5.32 Å². The molecule has 110 valence electrons. The van der Waals surface area contributed by atoms with Gasteiger partial charge in [-0.3, -0.25) is 9.69 Å². The quantitative estimate of drug-likeness (QED) is 0.741. The van der Waals surface area contributed by atoms with E-state index in [0.717, 1.165) is 38.0 Å². The highest BCUT2D eigenvalue weighted by atomic mass is 16.2. The molecule has 4 nitrogen and oxygen atoms in total. The van der Waals surface area contributed by atoms with E-state index < -0.39 is 0 Å². The van der Waals surface area contributed by atoms with Gasteiger partial charge in [0, 0.05) is 31.7 Å². The number of carbonyl (C=O) groups excluding carboxylic acids is 1. The molecule has 0 bridgehead atoms. The van der Waals surface area contributed by atoms with Crippen LogP contribution in [0, 0.1) is 0 Å². The van der Waals surface area contributed by atoms with E-state index in [-0.39, 0.29) is 11.4 Å². The van der Waals surface area contributed by atoms with E-state index in [9.17, 15) is 4.79 Å². The van der Waals surface area contributed by atoms with E-state index in [1.165, 1.54) is 0 Å². The molecule has 1 amide bonds. The van der Waals surface area contributed by atoms with Crippen LogP contribution in [0.25, 0.3) is 0 Å². The predicted molar refractivity (Wildman–Crippen MR) is 80.2 cm³/mol. The van der Waals surface area contributed by atoms with E-state index >= 15 is 0 Å². The largest absolute Gasteiger partial charge is 0.338 e. The maximum atomic E-state index is 12.2. The number of hydrogen-bond donors (Lipinski definition) is 1. The number of hydrogen-bond acceptors (Lipinski definition) is 3. The van der Waals surface area contributed by atoms with Crippen LogP contribution in [0.4, 0.5) is 0 Å². The number of carbonyl (C=O) groups is 1. The zero-order valence-electron chi connectivity index (χ0n) is 13.0. The van der Waals surface area contributed by atoms with Crippen molar-refractivity contribution in [2.24, 2.45) is 0 Å². The summed E-state index contributed by atoms with van der Waals surface area (Å²) in [6.07, 6.45) is 2.20. The minimum atomic E-state index is 0.221. The molecule has 0 aliphatic carbocycles. The average molecular weight is 267 g/mol. The first kappa shape index (κ1) is 16.2. The van der Waals surface area contributed by atoms with Gasteiger partial charge in [0.1, 0.15) is 0 Å². The fourth-order valence-corrected chi connectivity index (χ4v) is 2.45. The molecule has 0 spiro atoms. The van der Waals surface area contributed by atoms with Crippen LogP contribution in [-0.2, 0) is 4.79 Å². The number of piperidine rings is 1. The van der Waals surface area contributed by atoms with Gasteiger partial charge in [-0.25, -0.2) is 0 Å². The molecule has 1 saturated heterocycles. The Hall–Kier alpha value is -0.870. The molecule has 4 heteroatoms. The monoisotopic (exact) mass is 267 g/mol. The van der Waals surface area contributed by atoms with Gasteiger partial charge in [0.25, 0.3) is 0 Å². The maximum Gasteiger partial charge on any atom is 0.237 e. The van der Waals surface area contributed by atoms with Gasteiger partial charge < -0.3 is 10.2 Å². The van der Waals surface area contributed by atoms with Gasteiger partial charge in [0.2, 0.25) is 5.91 Å². The van der Waals surface area contributed by atoms with Crippen LogP contribution in [0.1, 0.15) is 33.6 Å². The van der Waals surface area contributed by atoms with E-state index in [1.807, 2.05) is 25.8 Å². The molecular formula is C15H29N3O. The van der Waals surface area contributed by atoms with Gasteiger partial charge in [0.05, 0.1) is 6.54 Å². The van der Waals surface area contributed by atoms with Gasteiger partial charge in [-0.05, 0) is 40.7 Å². The highest BCUT2D eigenvalue weighted by Crippen LogP contribution is 2.20. The fraction of sp³-hybridized carbons (Fsp3) is 0.800. The Labute approximate surface area is 117 Å². The minimum Gasteiger partial charge on any atom is -0.338 e. The third-order valence-corrected chi connectivity index (χ3v) is 4.12. The number of amides is 1. The Morgan fingerprint density at radius 1 is 1.42 bits per heavy atom. The summed E-state index contributed by atoms with van der Waals surface area (Å²) in [5.41, 5.74) is 1.28. The van der Waals surface area contributed by atoms with Gasteiger partial charge >= 0.3 is 0 Å². The van der Waals surface area contributed by atoms with Crippen molar-refractivity contribution < 1.29 is 4.79 Å². The zero-order valence-corrected chi connectivity index (χ0v) is 13.0. The van der Waals surface area contributed by atoms with Crippen LogP contribution in [0.2, 0.25) is 0 Å². The number of nitrogens with one attached hydrogen (secondary N) is 1. The van der Waals surface area contributed by atoms with Crippen LogP contribution >= 0.6 is 0 Å². The number of likely N-dealkylation sites (N-methyl/N-ethyl adjacent to an activating group) is 1. The molecule has 19 heavy (non-hydrogen) atoms. The molecule has 0 aromatic carbocycles. The second-order valence-corrected chi connectivity index (χ2v) is 5.95. The summed E-state index contributed by atoms with van der Waals surface area (Å²) in [4.78, 5) is 16.4. The van der Waals surface area contributed by atoms with Crippen molar-refractivity contribution in [1.29, 1.82) is 0 Å². The molecule has 0 radical (unpaired) electrons. The molecule has 0 atom stereocenters. The molecule has 0 saturated carbocycles. The average Bonchev–Trinajstić information content (AvgIpc) is 2.38. The Balaban J connectivity index is 2.43. The second kappa shape index (κ2) is 7.06. The predicted octanol–water partition coefficient (Wildman–Crippen LogP) is 1.48. The first-order chi connectivity index (χ1) is 8.90. The first-order valence-electron chi connectivity index (χ1n) is 7.23. The van der Waals surface area contributed by atoms with Crippen molar-refractivity contribution in [3.05, 3.63) is 12.2 Å². The molecular weight excluding hydrogens is 238 g/mol. The third-order valence-electron chi connectivity index (χ3n) is 4.12. The summed E-state index contributed by atoms with van der Waals surface area (Å²) in [6.45, 7) is 14.1. The second-order valence-electron chi connectivity index (χ2n) is 5.95. The zero-order chi connectivity index (χ0) is 14.5. The summed E-state index contributed by atoms with van der Waals surface area (Å²) >= 11 is 0. The number of rotatable bonds is 6. The molecule has 1 heterocycles. The Kier molecular flexibility index (Phi) is 6.01. The molecule has 1 aliphatic rings. The van der Waals surface area contributed by atoms with Gasteiger partial charge in [-0.15, -0.1) is 0 Å². The van der Waals surface area contributed by atoms with Gasteiger partial charge in [-0.2, -0.15) is 0 Å². The lowest BCUT2D eigenvalue weighted by Crippen LogP contribution is -2.52. The van der Waals surface area contributed by atoms with Crippen molar-refractivity contribution >= 4 is 5.91 Å². The van der Waals surface area contributed by atoms with E-state index in [0.29, 0.717) is 13.1 Å². The molecule has 1 aliphatic heterocycles. The third kappa shape index (κ3) is 4.96.